The van der Waals surface area contributed by atoms with Gasteiger partial charge < -0.3 is 35.2 Å². The second-order valence-electron chi connectivity index (χ2n) is 6.41. The van der Waals surface area contributed by atoms with E-state index in [1.165, 1.54) is 10.9 Å². The minimum Gasteiger partial charge on any atom is -0.389 e. The molecule has 1 aliphatic rings. The second kappa shape index (κ2) is 9.00. The van der Waals surface area contributed by atoms with Crippen molar-refractivity contribution < 1.29 is 56.3 Å². The van der Waals surface area contributed by atoms with Crippen molar-refractivity contribution >= 4 is 53.1 Å². The first-order chi connectivity index (χ1) is 14.6. The Morgan fingerprint density at radius 3 is 2.47 bits per heavy atom. The van der Waals surface area contributed by atoms with Crippen LogP contribution in [0, 0.1) is 6.92 Å². The minimum absolute atomic E-state index is 0.115. The maximum absolute atomic E-state index is 11.9. The molecule has 1 saturated heterocycles. The average Bonchev–Trinajstić information content (AvgIpc) is 3.12. The number of nitrogens with zero attached hydrogens (tertiary/aromatic N) is 4. The van der Waals surface area contributed by atoms with E-state index in [0.717, 1.165) is 0 Å². The molecule has 1 fully saturated rings. The zero-order chi connectivity index (χ0) is 24.1. The number of nitrogen functional groups attached to an aromatic ring is 1. The lowest BCUT2D eigenvalue weighted by Crippen LogP contribution is -2.30. The van der Waals surface area contributed by atoms with Crippen LogP contribution in [-0.2, 0) is 31.6 Å². The van der Waals surface area contributed by atoms with Crippen LogP contribution < -0.4 is 5.73 Å². The highest BCUT2D eigenvalue weighted by Gasteiger charge is 2.46. The highest BCUT2D eigenvalue weighted by Crippen LogP contribution is 2.66. The molecule has 0 amide bonds. The Balaban J connectivity index is 1.72. The number of aliphatic hydroxyl groups is 1. The van der Waals surface area contributed by atoms with E-state index >= 15 is 0 Å². The average molecular weight is 537 g/mol. The molecule has 6 atom stereocenters. The Morgan fingerprint density at radius 1 is 1.19 bits per heavy atom. The lowest BCUT2D eigenvalue weighted by atomic mass is 10.2. The van der Waals surface area contributed by atoms with Gasteiger partial charge in [-0.15, -0.1) is 0 Å². The van der Waals surface area contributed by atoms with Crippen LogP contribution >= 0.6 is 36.1 Å². The number of rotatable bonds is 8. The summed E-state index contributed by atoms with van der Waals surface area (Å²) in [6.45, 7) is 0.752. The number of nitrogens with two attached hydrogens (primary N) is 1. The zero-order valence-corrected chi connectivity index (χ0v) is 19.4. The zero-order valence-electron chi connectivity index (χ0n) is 15.8. The van der Waals surface area contributed by atoms with Crippen LogP contribution in [0.25, 0.3) is 11.2 Å². The number of phosphoric ester groups is 1. The van der Waals surface area contributed by atoms with Gasteiger partial charge in [0.15, 0.2) is 17.7 Å². The standard InChI is InChI=1S/C11H18N5O12P3S/c1-4-14-9(12)6-10(15-4)16(3-13-6)11-8(32)7(17)5(26-11)2-25-30(21,22)28-31(23,24)27-29(18,19)20/h3,5,7-8,11,17,32H,2H2,1H3,(H,21,22)(H,23,24)(H2,12,14,15)(H2,18,19,20). The number of thiol groups is 1. The van der Waals surface area contributed by atoms with Crippen LogP contribution in [0.5, 0.6) is 0 Å². The quantitative estimate of drug-likeness (QED) is 0.167. The first-order valence-corrected chi connectivity index (χ1v) is 13.4. The van der Waals surface area contributed by atoms with Gasteiger partial charge in [-0.1, -0.05) is 0 Å². The maximum atomic E-state index is 11.9. The summed E-state index contributed by atoms with van der Waals surface area (Å²) in [4.78, 5) is 48.1. The first kappa shape index (κ1) is 25.6. The van der Waals surface area contributed by atoms with Gasteiger partial charge in [0.05, 0.1) is 24.3 Å². The Bertz CT molecular complexity index is 1160. The smallest absolute Gasteiger partial charge is 0.389 e. The predicted molar refractivity (Wildman–Crippen MR) is 107 cm³/mol. The molecular weight excluding hydrogens is 519 g/mol. The molecule has 7 N–H and O–H groups in total. The Labute approximate surface area is 184 Å². The molecule has 3 rings (SSSR count). The largest absolute Gasteiger partial charge is 0.490 e. The topological polar surface area (TPSA) is 259 Å². The van der Waals surface area contributed by atoms with Gasteiger partial charge in [-0.05, 0) is 6.92 Å². The van der Waals surface area contributed by atoms with Crippen molar-refractivity contribution in [2.24, 2.45) is 0 Å². The SMILES string of the molecule is Cc1nc(N)c2ncn(C3OC(COP(=O)(O)OP(=O)(O)OP(=O)(O)O)C(O)C3S)c2n1. The summed E-state index contributed by atoms with van der Waals surface area (Å²) >= 11 is 4.28. The summed E-state index contributed by atoms with van der Waals surface area (Å²) in [5.41, 5.74) is 6.36. The predicted octanol–water partition coefficient (Wildman–Crippen LogP) is -0.383. The Morgan fingerprint density at radius 2 is 1.84 bits per heavy atom. The third-order valence-corrected chi connectivity index (χ3v) is 8.35. The van der Waals surface area contributed by atoms with Crippen LogP contribution in [0.2, 0.25) is 0 Å². The fraction of sp³-hybridized carbons (Fsp3) is 0.545. The van der Waals surface area contributed by atoms with E-state index in [1.807, 2.05) is 0 Å². The van der Waals surface area contributed by atoms with Crippen LogP contribution in [0.3, 0.4) is 0 Å². The molecule has 21 heteroatoms. The van der Waals surface area contributed by atoms with Gasteiger partial charge in [-0.3, -0.25) is 9.09 Å². The number of hydrogen-bond acceptors (Lipinski definition) is 13. The van der Waals surface area contributed by atoms with Crippen molar-refractivity contribution in [3.05, 3.63) is 12.2 Å². The van der Waals surface area contributed by atoms with Crippen LogP contribution in [-0.4, -0.2) is 68.3 Å². The van der Waals surface area contributed by atoms with Crippen LogP contribution in [0.4, 0.5) is 5.82 Å². The van der Waals surface area contributed by atoms with E-state index in [0.29, 0.717) is 5.82 Å². The molecule has 0 aliphatic carbocycles. The molecule has 6 unspecified atom stereocenters. The normalized spacial score (nSPS) is 28.0. The van der Waals surface area contributed by atoms with E-state index < -0.39 is 53.8 Å². The lowest BCUT2D eigenvalue weighted by Gasteiger charge is -2.19. The molecule has 32 heavy (non-hydrogen) atoms. The molecule has 17 nitrogen and oxygen atoms in total. The highest BCUT2D eigenvalue weighted by molar-refractivity contribution is 7.81. The van der Waals surface area contributed by atoms with Gasteiger partial charge in [0.1, 0.15) is 17.4 Å². The Kier molecular flexibility index (Phi) is 7.21. The van der Waals surface area contributed by atoms with Crippen molar-refractivity contribution in [2.75, 3.05) is 12.3 Å². The molecule has 0 saturated carbocycles. The molecule has 0 aromatic carbocycles. The summed E-state index contributed by atoms with van der Waals surface area (Å²) in [7, 11) is -16.6. The summed E-state index contributed by atoms with van der Waals surface area (Å²) < 4.78 is 52.7. The second-order valence-corrected chi connectivity index (χ2v) is 11.4. The summed E-state index contributed by atoms with van der Waals surface area (Å²) in [6, 6.07) is 0. The van der Waals surface area contributed by atoms with E-state index in [1.54, 1.807) is 6.92 Å². The number of aryl methyl sites for hydroxylation is 1. The molecule has 0 spiro atoms. The number of ether oxygens (including phenoxy) is 1. The summed E-state index contributed by atoms with van der Waals surface area (Å²) in [5, 5.41) is 9.47. The van der Waals surface area contributed by atoms with Gasteiger partial charge in [-0.25, -0.2) is 28.6 Å². The van der Waals surface area contributed by atoms with E-state index in [2.05, 4.69) is 40.7 Å². The monoisotopic (exact) mass is 537 g/mol. The van der Waals surface area contributed by atoms with Crippen LogP contribution in [0.15, 0.2) is 6.33 Å². The van der Waals surface area contributed by atoms with Crippen molar-refractivity contribution in [2.45, 2.75) is 30.6 Å². The molecule has 1 aliphatic heterocycles. The molecule has 180 valence electrons. The van der Waals surface area contributed by atoms with E-state index in [4.69, 9.17) is 25.2 Å². The van der Waals surface area contributed by atoms with E-state index in [9.17, 15) is 23.7 Å². The molecule has 0 bridgehead atoms. The van der Waals surface area contributed by atoms with Gasteiger partial charge in [0.25, 0.3) is 0 Å². The Hall–Kier alpha value is -0.970. The number of phosphoric acid groups is 3. The van der Waals surface area contributed by atoms with Crippen LogP contribution in [0.1, 0.15) is 12.1 Å². The van der Waals surface area contributed by atoms with Gasteiger partial charge >= 0.3 is 23.5 Å². The van der Waals surface area contributed by atoms with Gasteiger partial charge in [0.2, 0.25) is 0 Å². The van der Waals surface area contributed by atoms with Gasteiger partial charge in [-0.2, -0.15) is 21.3 Å². The fourth-order valence-corrected chi connectivity index (χ4v) is 6.24. The maximum Gasteiger partial charge on any atom is 0.490 e. The number of hydrogen-bond donors (Lipinski definition) is 7. The van der Waals surface area contributed by atoms with Crippen molar-refractivity contribution in [1.29, 1.82) is 0 Å². The number of imidazole rings is 1. The first-order valence-electron chi connectivity index (χ1n) is 8.35. The fourth-order valence-electron chi connectivity index (χ4n) is 2.81. The molecule has 3 heterocycles. The number of aromatic nitrogens is 4. The van der Waals surface area contributed by atoms with Crippen molar-refractivity contribution in [3.8, 4) is 0 Å². The number of aliphatic hydroxyl groups excluding tert-OH is 1. The molecule has 2 aromatic heterocycles. The molecule has 0 radical (unpaired) electrons. The van der Waals surface area contributed by atoms with Crippen molar-refractivity contribution in [3.63, 3.8) is 0 Å². The molecular formula is C11H18N5O12P3S. The summed E-state index contributed by atoms with van der Waals surface area (Å²) in [5.74, 6) is 0.458. The highest BCUT2D eigenvalue weighted by atomic mass is 32.1. The minimum atomic E-state index is -5.67. The van der Waals surface area contributed by atoms with Gasteiger partial charge in [0, 0.05) is 0 Å². The number of fused-ring (bicyclic) bond motifs is 1. The summed E-state index contributed by atoms with van der Waals surface area (Å²) in [6.07, 6.45) is -2.32. The third kappa shape index (κ3) is 5.93. The third-order valence-electron chi connectivity index (χ3n) is 3.99. The lowest BCUT2D eigenvalue weighted by molar-refractivity contribution is -0.0421. The number of anilines is 1. The van der Waals surface area contributed by atoms with E-state index in [-0.39, 0.29) is 17.0 Å². The van der Waals surface area contributed by atoms with Crippen molar-refractivity contribution in [1.82, 2.24) is 19.5 Å². The molecule has 2 aromatic rings.